The first-order valence-electron chi connectivity index (χ1n) is 13.8. The molecule has 0 atom stereocenters. The Kier molecular flexibility index (Phi) is 9.47. The Balaban J connectivity index is 1.63. The fraction of sp³-hybridized carbons (Fsp3) is 0.0606. The van der Waals surface area contributed by atoms with Crippen molar-refractivity contribution < 1.29 is 27.5 Å². The monoisotopic (exact) mass is 676 g/mol. The molecule has 0 spiro atoms. The molecule has 4 aromatic carbocycles. The summed E-state index contributed by atoms with van der Waals surface area (Å²) in [7, 11) is -4.39. The highest BCUT2D eigenvalue weighted by atomic mass is 35.5. The summed E-state index contributed by atoms with van der Waals surface area (Å²) in [4.78, 5) is 40.4. The van der Waals surface area contributed by atoms with E-state index in [4.69, 9.17) is 33.7 Å². The third-order valence-corrected chi connectivity index (χ3v) is 9.01. The number of nitrogens with zero attached hydrogens (tertiary/aromatic N) is 2. The molecule has 1 aromatic heterocycles. The van der Waals surface area contributed by atoms with Crippen molar-refractivity contribution in [1.82, 2.24) is 3.97 Å². The lowest BCUT2D eigenvalue weighted by Crippen LogP contribution is -2.32. The second kappa shape index (κ2) is 13.5. The Morgan fingerprint density at radius 2 is 1.57 bits per heavy atom. The van der Waals surface area contributed by atoms with Crippen LogP contribution in [-0.2, 0) is 19.6 Å². The van der Waals surface area contributed by atoms with Crippen LogP contribution in [0.15, 0.2) is 108 Å². The van der Waals surface area contributed by atoms with E-state index in [9.17, 15) is 22.8 Å². The van der Waals surface area contributed by atoms with E-state index < -0.39 is 27.9 Å². The predicted molar refractivity (Wildman–Crippen MR) is 179 cm³/mol. The van der Waals surface area contributed by atoms with E-state index in [2.05, 4.69) is 5.32 Å². The maximum Gasteiger partial charge on any atom is 0.356 e. The van der Waals surface area contributed by atoms with Gasteiger partial charge in [0.15, 0.2) is 5.69 Å². The molecule has 0 bridgehead atoms. The van der Waals surface area contributed by atoms with E-state index in [1.807, 2.05) is 0 Å². The van der Waals surface area contributed by atoms with Crippen LogP contribution < -0.4 is 16.0 Å². The van der Waals surface area contributed by atoms with E-state index in [1.165, 1.54) is 35.2 Å². The summed E-state index contributed by atoms with van der Waals surface area (Å²) in [6.45, 7) is 1.52. The van der Waals surface area contributed by atoms with Crippen molar-refractivity contribution in [3.05, 3.63) is 124 Å². The lowest BCUT2D eigenvalue weighted by Gasteiger charge is -2.23. The number of nitrogens with one attached hydrogen (secondary N) is 1. The Labute approximate surface area is 274 Å². The van der Waals surface area contributed by atoms with Gasteiger partial charge in [0.25, 0.3) is 10.0 Å². The second-order valence-electron chi connectivity index (χ2n) is 9.70. The van der Waals surface area contributed by atoms with Crippen LogP contribution in [0, 0.1) is 0 Å². The number of benzene rings is 4. The summed E-state index contributed by atoms with van der Waals surface area (Å²) in [6.07, 6.45) is 2.38. The number of amides is 3. The Bertz CT molecular complexity index is 2100. The highest BCUT2D eigenvalue weighted by molar-refractivity contribution is 7.90. The van der Waals surface area contributed by atoms with Crippen molar-refractivity contribution in [1.29, 1.82) is 0 Å². The summed E-state index contributed by atoms with van der Waals surface area (Å²) in [6, 6.07) is 24.7. The van der Waals surface area contributed by atoms with Crippen LogP contribution in [0.5, 0.6) is 0 Å². The number of ether oxygens (including phenoxy) is 1. The van der Waals surface area contributed by atoms with Gasteiger partial charge < -0.3 is 15.8 Å². The van der Waals surface area contributed by atoms with Gasteiger partial charge >= 0.3 is 12.0 Å². The minimum Gasteiger partial charge on any atom is -0.461 e. The molecular formula is C33H26Cl2N4O6S. The number of urea groups is 1. The van der Waals surface area contributed by atoms with Gasteiger partial charge in [-0.15, -0.1) is 0 Å². The van der Waals surface area contributed by atoms with Gasteiger partial charge in [0.05, 0.1) is 39.1 Å². The number of carbonyl (C=O) groups is 3. The zero-order valence-corrected chi connectivity index (χ0v) is 26.5. The lowest BCUT2D eigenvalue weighted by atomic mass is 10.1. The maximum atomic E-state index is 14.0. The van der Waals surface area contributed by atoms with Crippen LogP contribution in [0.1, 0.15) is 23.0 Å². The summed E-state index contributed by atoms with van der Waals surface area (Å²) in [5.74, 6) is -1.63. The summed E-state index contributed by atoms with van der Waals surface area (Å²) in [5.41, 5.74) is 6.39. The number of hydrogen-bond acceptors (Lipinski definition) is 6. The van der Waals surface area contributed by atoms with Gasteiger partial charge in [0, 0.05) is 22.0 Å². The number of para-hydroxylation sites is 3. The van der Waals surface area contributed by atoms with Gasteiger partial charge in [0.2, 0.25) is 5.91 Å². The number of halogens is 2. The van der Waals surface area contributed by atoms with E-state index in [0.717, 1.165) is 10.0 Å². The fourth-order valence-corrected chi connectivity index (χ4v) is 7.02. The SMILES string of the molecule is CCOC(=O)c1c(/C=C/C(=O)Nc2ccccc2N(C(N)=O)c2ccccc2)c2c(Cl)cc(Cl)cc2n1S(=O)(=O)c1ccccc1. The Morgan fingerprint density at radius 3 is 2.22 bits per heavy atom. The topological polar surface area (TPSA) is 141 Å². The normalized spacial score (nSPS) is 11.5. The van der Waals surface area contributed by atoms with Crippen molar-refractivity contribution in [2.75, 3.05) is 16.8 Å². The number of anilines is 3. The molecule has 1 heterocycles. The number of aromatic nitrogens is 1. The maximum absolute atomic E-state index is 14.0. The zero-order valence-electron chi connectivity index (χ0n) is 24.2. The fourth-order valence-electron chi connectivity index (χ4n) is 4.91. The number of primary amides is 1. The van der Waals surface area contributed by atoms with Crippen LogP contribution in [0.4, 0.5) is 21.9 Å². The smallest absolute Gasteiger partial charge is 0.356 e. The van der Waals surface area contributed by atoms with E-state index in [-0.39, 0.29) is 49.4 Å². The number of hydrogen-bond donors (Lipinski definition) is 2. The van der Waals surface area contributed by atoms with Crippen LogP contribution >= 0.6 is 23.2 Å². The Hall–Kier alpha value is -5.10. The summed E-state index contributed by atoms with van der Waals surface area (Å²) in [5, 5.41) is 3.04. The molecule has 0 aliphatic rings. The molecule has 46 heavy (non-hydrogen) atoms. The summed E-state index contributed by atoms with van der Waals surface area (Å²) < 4.78 is 34.1. The highest BCUT2D eigenvalue weighted by Gasteiger charge is 2.32. The molecule has 13 heteroatoms. The molecule has 0 saturated heterocycles. The standard InChI is InChI=1S/C33H26Cl2N4O6S/c1-2-45-32(41)31-24(30-25(35)19-21(34)20-28(30)39(31)46(43,44)23-13-7-4-8-14-23)17-18-29(40)37-26-15-9-10-16-27(26)38(33(36)42)22-11-5-3-6-12-22/h3-20H,2H2,1H3,(H2,36,42)(H,37,40)/b18-17+. The van der Waals surface area contributed by atoms with Crippen LogP contribution in [-0.4, -0.2) is 36.9 Å². The minimum atomic E-state index is -4.39. The van der Waals surface area contributed by atoms with Crippen molar-refractivity contribution in [3.63, 3.8) is 0 Å². The quantitative estimate of drug-likeness (QED) is 0.125. The predicted octanol–water partition coefficient (Wildman–Crippen LogP) is 7.23. The van der Waals surface area contributed by atoms with Gasteiger partial charge in [-0.25, -0.2) is 22.0 Å². The molecule has 5 aromatic rings. The molecule has 0 aliphatic carbocycles. The molecule has 0 aliphatic heterocycles. The van der Waals surface area contributed by atoms with Gasteiger partial charge in [-0.3, -0.25) is 9.69 Å². The molecule has 3 N–H and O–H groups in total. The number of carbonyl (C=O) groups excluding carboxylic acids is 3. The number of esters is 1. The van der Waals surface area contributed by atoms with Crippen LogP contribution in [0.25, 0.3) is 17.0 Å². The van der Waals surface area contributed by atoms with E-state index >= 15 is 0 Å². The van der Waals surface area contributed by atoms with Crippen molar-refractivity contribution in [2.45, 2.75) is 11.8 Å². The summed E-state index contributed by atoms with van der Waals surface area (Å²) >= 11 is 12.9. The molecule has 5 rings (SSSR count). The average molecular weight is 678 g/mol. The van der Waals surface area contributed by atoms with Crippen LogP contribution in [0.3, 0.4) is 0 Å². The molecular weight excluding hydrogens is 651 g/mol. The Morgan fingerprint density at radius 1 is 0.935 bits per heavy atom. The van der Waals surface area contributed by atoms with Gasteiger partial charge in [-0.2, -0.15) is 0 Å². The first kappa shape index (κ1) is 32.3. The molecule has 234 valence electrons. The second-order valence-corrected chi connectivity index (χ2v) is 12.3. The van der Waals surface area contributed by atoms with Crippen molar-refractivity contribution >= 4 is 85.2 Å². The first-order chi connectivity index (χ1) is 22.0. The molecule has 0 fully saturated rings. The highest BCUT2D eigenvalue weighted by Crippen LogP contribution is 2.38. The third-order valence-electron chi connectivity index (χ3n) is 6.77. The van der Waals surface area contributed by atoms with Crippen LogP contribution in [0.2, 0.25) is 10.0 Å². The lowest BCUT2D eigenvalue weighted by molar-refractivity contribution is -0.111. The molecule has 10 nitrogen and oxygen atoms in total. The van der Waals surface area contributed by atoms with Gasteiger partial charge in [-0.05, 0) is 61.5 Å². The van der Waals surface area contributed by atoms with Crippen molar-refractivity contribution in [2.24, 2.45) is 5.73 Å². The number of rotatable bonds is 9. The zero-order chi connectivity index (χ0) is 33.0. The number of fused-ring (bicyclic) bond motifs is 1. The number of nitrogens with two attached hydrogens (primary N) is 1. The first-order valence-corrected chi connectivity index (χ1v) is 16.0. The minimum absolute atomic E-state index is 0.00905. The molecule has 0 radical (unpaired) electrons. The van der Waals surface area contributed by atoms with Crippen molar-refractivity contribution in [3.8, 4) is 0 Å². The largest absolute Gasteiger partial charge is 0.461 e. The average Bonchev–Trinajstić information content (AvgIpc) is 3.37. The van der Waals surface area contributed by atoms with Gasteiger partial charge in [-0.1, -0.05) is 71.7 Å². The third kappa shape index (κ3) is 6.34. The van der Waals surface area contributed by atoms with Gasteiger partial charge in [0.1, 0.15) is 0 Å². The van der Waals surface area contributed by atoms with E-state index in [1.54, 1.807) is 79.7 Å². The van der Waals surface area contributed by atoms with E-state index in [0.29, 0.717) is 11.4 Å². The molecule has 0 unspecified atom stereocenters. The molecule has 0 saturated carbocycles. The molecule has 3 amide bonds.